The van der Waals surface area contributed by atoms with E-state index in [1.807, 2.05) is 6.07 Å². The van der Waals surface area contributed by atoms with Crippen LogP contribution in [0.5, 0.6) is 0 Å². The van der Waals surface area contributed by atoms with Crippen LogP contribution in [0.1, 0.15) is 44.2 Å². The molecule has 0 spiro atoms. The van der Waals surface area contributed by atoms with Crippen molar-refractivity contribution < 1.29 is 5.11 Å². The van der Waals surface area contributed by atoms with Gasteiger partial charge in [0.2, 0.25) is 0 Å². The third-order valence-electron chi connectivity index (χ3n) is 3.78. The van der Waals surface area contributed by atoms with Gasteiger partial charge in [0.1, 0.15) is 5.60 Å². The lowest BCUT2D eigenvalue weighted by Gasteiger charge is -2.29. The second kappa shape index (κ2) is 5.85. The molecule has 0 radical (unpaired) electrons. The molecule has 0 amide bonds. The highest BCUT2D eigenvalue weighted by molar-refractivity contribution is 5.33. The van der Waals surface area contributed by atoms with Gasteiger partial charge in [-0.2, -0.15) is 0 Å². The summed E-state index contributed by atoms with van der Waals surface area (Å²) in [6.45, 7) is 6.02. The number of hydrogen-bond acceptors (Lipinski definition) is 2. The van der Waals surface area contributed by atoms with E-state index >= 15 is 0 Å². The standard InChI is InChI=1S/C16H25NO/c1-13(2)11-17-12-16(18)10-6-5-8-14-7-3-4-9-15(14)16/h3-4,7,9,13,17-18H,5-6,8,10-12H2,1-2H3. The van der Waals surface area contributed by atoms with Crippen LogP contribution >= 0.6 is 0 Å². The predicted molar refractivity (Wildman–Crippen MR) is 75.6 cm³/mol. The Balaban J connectivity index is 2.15. The highest BCUT2D eigenvalue weighted by atomic mass is 16.3. The SMILES string of the molecule is CC(C)CNCC1(O)CCCCc2ccccc21. The lowest BCUT2D eigenvalue weighted by atomic mass is 9.88. The minimum Gasteiger partial charge on any atom is -0.384 e. The van der Waals surface area contributed by atoms with Gasteiger partial charge in [0.25, 0.3) is 0 Å². The first-order valence-corrected chi connectivity index (χ1v) is 7.13. The van der Waals surface area contributed by atoms with E-state index in [0.717, 1.165) is 31.4 Å². The van der Waals surface area contributed by atoms with Crippen molar-refractivity contribution in [2.75, 3.05) is 13.1 Å². The second-order valence-corrected chi connectivity index (χ2v) is 5.92. The van der Waals surface area contributed by atoms with Crippen molar-refractivity contribution >= 4 is 0 Å². The van der Waals surface area contributed by atoms with Crippen LogP contribution in [0.2, 0.25) is 0 Å². The molecule has 0 saturated heterocycles. The van der Waals surface area contributed by atoms with Gasteiger partial charge in [-0.15, -0.1) is 0 Å². The van der Waals surface area contributed by atoms with E-state index in [2.05, 4.69) is 37.4 Å². The average Bonchev–Trinajstić information content (AvgIpc) is 2.50. The molecule has 18 heavy (non-hydrogen) atoms. The van der Waals surface area contributed by atoms with Gasteiger partial charge in [-0.1, -0.05) is 38.1 Å². The van der Waals surface area contributed by atoms with Crippen molar-refractivity contribution in [2.45, 2.75) is 45.1 Å². The van der Waals surface area contributed by atoms with Gasteiger partial charge in [0.15, 0.2) is 0 Å². The maximum Gasteiger partial charge on any atom is 0.102 e. The van der Waals surface area contributed by atoms with Crippen molar-refractivity contribution in [2.24, 2.45) is 5.92 Å². The fourth-order valence-electron chi connectivity index (χ4n) is 2.81. The summed E-state index contributed by atoms with van der Waals surface area (Å²) in [6.07, 6.45) is 4.26. The minimum absolute atomic E-state index is 0.620. The Morgan fingerprint density at radius 3 is 2.83 bits per heavy atom. The van der Waals surface area contributed by atoms with Crippen LogP contribution in [0.25, 0.3) is 0 Å². The summed E-state index contributed by atoms with van der Waals surface area (Å²) in [6, 6.07) is 8.37. The zero-order valence-electron chi connectivity index (χ0n) is 11.6. The highest BCUT2D eigenvalue weighted by Gasteiger charge is 2.32. The molecule has 2 nitrogen and oxygen atoms in total. The monoisotopic (exact) mass is 247 g/mol. The molecule has 2 heteroatoms. The Hall–Kier alpha value is -0.860. The molecule has 2 rings (SSSR count). The smallest absolute Gasteiger partial charge is 0.102 e. The Labute approximate surface area is 110 Å². The van der Waals surface area contributed by atoms with E-state index in [-0.39, 0.29) is 0 Å². The van der Waals surface area contributed by atoms with Crippen LogP contribution < -0.4 is 5.32 Å². The molecule has 0 aliphatic heterocycles. The molecular formula is C16H25NO. The van der Waals surface area contributed by atoms with Gasteiger partial charge in [-0.25, -0.2) is 0 Å². The average molecular weight is 247 g/mol. The van der Waals surface area contributed by atoms with Crippen molar-refractivity contribution in [1.82, 2.24) is 5.32 Å². The summed E-state index contributed by atoms with van der Waals surface area (Å²) >= 11 is 0. The molecule has 0 heterocycles. The molecule has 1 unspecified atom stereocenters. The van der Waals surface area contributed by atoms with Crippen molar-refractivity contribution in [3.8, 4) is 0 Å². The van der Waals surface area contributed by atoms with E-state index in [1.165, 1.54) is 12.0 Å². The van der Waals surface area contributed by atoms with E-state index in [4.69, 9.17) is 0 Å². The van der Waals surface area contributed by atoms with Gasteiger partial charge in [-0.05, 0) is 49.3 Å². The molecular weight excluding hydrogens is 222 g/mol. The summed E-state index contributed by atoms with van der Waals surface area (Å²) < 4.78 is 0. The number of fused-ring (bicyclic) bond motifs is 1. The number of hydrogen-bond donors (Lipinski definition) is 2. The first kappa shape index (κ1) is 13.6. The predicted octanol–water partition coefficient (Wildman–Crippen LogP) is 2.85. The molecule has 1 aliphatic rings. The van der Waals surface area contributed by atoms with Gasteiger partial charge in [0, 0.05) is 6.54 Å². The third kappa shape index (κ3) is 3.12. The normalized spacial score (nSPS) is 23.8. The molecule has 1 aromatic carbocycles. The Morgan fingerprint density at radius 2 is 2.06 bits per heavy atom. The van der Waals surface area contributed by atoms with Gasteiger partial charge in [-0.3, -0.25) is 0 Å². The molecule has 1 atom stereocenters. The van der Waals surface area contributed by atoms with Crippen molar-refractivity contribution in [3.63, 3.8) is 0 Å². The third-order valence-corrected chi connectivity index (χ3v) is 3.78. The number of nitrogens with one attached hydrogen (secondary N) is 1. The van der Waals surface area contributed by atoms with Crippen LogP contribution in [0, 0.1) is 5.92 Å². The lowest BCUT2D eigenvalue weighted by Crippen LogP contribution is -2.39. The van der Waals surface area contributed by atoms with E-state index in [9.17, 15) is 5.11 Å². The molecule has 1 aromatic rings. The number of rotatable bonds is 4. The number of aliphatic hydroxyl groups is 1. The zero-order valence-corrected chi connectivity index (χ0v) is 11.6. The van der Waals surface area contributed by atoms with E-state index in [1.54, 1.807) is 0 Å². The zero-order chi connectivity index (χ0) is 13.0. The Bertz CT molecular complexity index is 388. The maximum absolute atomic E-state index is 11.0. The topological polar surface area (TPSA) is 32.3 Å². The van der Waals surface area contributed by atoms with Crippen LogP contribution in [-0.4, -0.2) is 18.2 Å². The number of aryl methyl sites for hydroxylation is 1. The summed E-state index contributed by atoms with van der Waals surface area (Å²) in [5, 5.41) is 14.4. The van der Waals surface area contributed by atoms with Crippen molar-refractivity contribution in [1.29, 1.82) is 0 Å². The lowest BCUT2D eigenvalue weighted by molar-refractivity contribution is 0.0268. The summed E-state index contributed by atoms with van der Waals surface area (Å²) in [7, 11) is 0. The second-order valence-electron chi connectivity index (χ2n) is 5.92. The first-order chi connectivity index (χ1) is 8.62. The van der Waals surface area contributed by atoms with E-state index in [0.29, 0.717) is 12.5 Å². The minimum atomic E-state index is -0.679. The van der Waals surface area contributed by atoms with Crippen LogP contribution in [0.3, 0.4) is 0 Å². The van der Waals surface area contributed by atoms with Gasteiger partial charge in [0.05, 0.1) is 0 Å². The van der Waals surface area contributed by atoms with Gasteiger partial charge < -0.3 is 10.4 Å². The maximum atomic E-state index is 11.0. The van der Waals surface area contributed by atoms with Gasteiger partial charge >= 0.3 is 0 Å². The van der Waals surface area contributed by atoms with Crippen LogP contribution in [0.15, 0.2) is 24.3 Å². The fraction of sp³-hybridized carbons (Fsp3) is 0.625. The summed E-state index contributed by atoms with van der Waals surface area (Å²) in [4.78, 5) is 0. The van der Waals surface area contributed by atoms with Crippen molar-refractivity contribution in [3.05, 3.63) is 35.4 Å². The first-order valence-electron chi connectivity index (χ1n) is 7.13. The fourth-order valence-corrected chi connectivity index (χ4v) is 2.81. The summed E-state index contributed by atoms with van der Waals surface area (Å²) in [5.74, 6) is 0.620. The van der Waals surface area contributed by atoms with E-state index < -0.39 is 5.60 Å². The highest BCUT2D eigenvalue weighted by Crippen LogP contribution is 2.33. The molecule has 100 valence electrons. The molecule has 2 N–H and O–H groups in total. The molecule has 1 aliphatic carbocycles. The molecule has 0 fully saturated rings. The Kier molecular flexibility index (Phi) is 4.41. The Morgan fingerprint density at radius 1 is 1.28 bits per heavy atom. The quantitative estimate of drug-likeness (QED) is 0.802. The molecule has 0 saturated carbocycles. The largest absolute Gasteiger partial charge is 0.384 e. The van der Waals surface area contributed by atoms with Crippen LogP contribution in [-0.2, 0) is 12.0 Å². The van der Waals surface area contributed by atoms with Crippen LogP contribution in [0.4, 0.5) is 0 Å². The summed E-state index contributed by atoms with van der Waals surface area (Å²) in [5.41, 5.74) is 1.78. The molecule has 0 aromatic heterocycles. The number of benzene rings is 1. The molecule has 0 bridgehead atoms.